The lowest BCUT2D eigenvalue weighted by atomic mass is 10.0. The van der Waals surface area contributed by atoms with Gasteiger partial charge in [-0.25, -0.2) is 4.79 Å². The molecule has 1 heterocycles. The minimum Gasteiger partial charge on any atom is -0.444 e. The van der Waals surface area contributed by atoms with Gasteiger partial charge < -0.3 is 20.1 Å². The topological polar surface area (TPSA) is 61.8 Å². The summed E-state index contributed by atoms with van der Waals surface area (Å²) in [6.45, 7) is 13.1. The molecule has 0 bridgehead atoms. The number of ether oxygens (including phenoxy) is 1. The number of carbonyl (C=O) groups excluding carboxylic acids is 1. The molecule has 0 aromatic rings. The molecule has 136 valence electrons. The monoisotopic (exact) mass is 328 g/mol. The van der Waals surface area contributed by atoms with Crippen LogP contribution < -0.4 is 5.32 Å². The first-order valence-corrected chi connectivity index (χ1v) is 8.99. The standard InChI is InChI=1S/C18H36N2O3/c1-13(2)10-15(12-21)19-14(3)11-16-8-7-9-20(16)17(22)23-18(4,5)6/h13-16,19,21H,7-12H2,1-6H3. The first-order valence-electron chi connectivity index (χ1n) is 8.99. The molecule has 1 amide bonds. The Morgan fingerprint density at radius 1 is 1.35 bits per heavy atom. The van der Waals surface area contributed by atoms with E-state index in [4.69, 9.17) is 4.74 Å². The van der Waals surface area contributed by atoms with Crippen molar-refractivity contribution in [2.45, 2.75) is 91.0 Å². The van der Waals surface area contributed by atoms with E-state index in [-0.39, 0.29) is 30.8 Å². The van der Waals surface area contributed by atoms with Crippen LogP contribution in [0.25, 0.3) is 0 Å². The molecule has 0 radical (unpaired) electrons. The van der Waals surface area contributed by atoms with E-state index >= 15 is 0 Å². The van der Waals surface area contributed by atoms with Gasteiger partial charge in [-0.05, 0) is 59.3 Å². The lowest BCUT2D eigenvalue weighted by molar-refractivity contribution is 0.0213. The highest BCUT2D eigenvalue weighted by atomic mass is 16.6. The second-order valence-electron chi connectivity index (χ2n) is 8.28. The summed E-state index contributed by atoms with van der Waals surface area (Å²) in [6, 6.07) is 0.617. The molecule has 1 aliphatic heterocycles. The summed E-state index contributed by atoms with van der Waals surface area (Å²) < 4.78 is 5.51. The van der Waals surface area contributed by atoms with Crippen molar-refractivity contribution >= 4 is 6.09 Å². The number of aliphatic hydroxyl groups excluding tert-OH is 1. The van der Waals surface area contributed by atoms with Crippen molar-refractivity contribution in [2.24, 2.45) is 5.92 Å². The van der Waals surface area contributed by atoms with E-state index in [2.05, 4.69) is 26.1 Å². The van der Waals surface area contributed by atoms with Crippen molar-refractivity contribution in [3.63, 3.8) is 0 Å². The normalized spacial score (nSPS) is 21.6. The fourth-order valence-electron chi connectivity index (χ4n) is 3.28. The number of likely N-dealkylation sites (tertiary alicyclic amines) is 1. The van der Waals surface area contributed by atoms with Crippen molar-refractivity contribution in [2.75, 3.05) is 13.2 Å². The van der Waals surface area contributed by atoms with Gasteiger partial charge in [-0.3, -0.25) is 0 Å². The summed E-state index contributed by atoms with van der Waals surface area (Å²) >= 11 is 0. The third kappa shape index (κ3) is 7.53. The highest BCUT2D eigenvalue weighted by Crippen LogP contribution is 2.24. The first-order chi connectivity index (χ1) is 10.6. The Morgan fingerprint density at radius 3 is 2.52 bits per heavy atom. The van der Waals surface area contributed by atoms with Crippen LogP contribution in [-0.4, -0.2) is 53.0 Å². The van der Waals surface area contributed by atoms with Crippen LogP contribution in [0.4, 0.5) is 4.79 Å². The van der Waals surface area contributed by atoms with Crippen molar-refractivity contribution in [1.82, 2.24) is 10.2 Å². The number of nitrogens with zero attached hydrogens (tertiary/aromatic N) is 1. The van der Waals surface area contributed by atoms with Gasteiger partial charge in [0.2, 0.25) is 0 Å². The summed E-state index contributed by atoms with van der Waals surface area (Å²) in [5.41, 5.74) is -0.451. The Kier molecular flexibility index (Phi) is 7.81. The maximum Gasteiger partial charge on any atom is 0.410 e. The summed E-state index contributed by atoms with van der Waals surface area (Å²) in [4.78, 5) is 14.2. The number of hydrogen-bond acceptors (Lipinski definition) is 4. The van der Waals surface area contributed by atoms with Gasteiger partial charge in [0.25, 0.3) is 0 Å². The van der Waals surface area contributed by atoms with E-state index in [1.807, 2.05) is 25.7 Å². The van der Waals surface area contributed by atoms with Gasteiger partial charge in [0, 0.05) is 24.7 Å². The number of rotatable bonds is 7. The number of hydrogen-bond donors (Lipinski definition) is 2. The highest BCUT2D eigenvalue weighted by Gasteiger charge is 2.33. The minimum absolute atomic E-state index is 0.126. The molecule has 1 fully saturated rings. The molecule has 5 heteroatoms. The molecule has 2 N–H and O–H groups in total. The lowest BCUT2D eigenvalue weighted by Crippen LogP contribution is -2.45. The summed E-state index contributed by atoms with van der Waals surface area (Å²) in [7, 11) is 0. The molecule has 23 heavy (non-hydrogen) atoms. The molecule has 5 nitrogen and oxygen atoms in total. The van der Waals surface area contributed by atoms with Crippen LogP contribution >= 0.6 is 0 Å². The number of carbonyl (C=O) groups is 1. The van der Waals surface area contributed by atoms with Crippen LogP contribution in [0, 0.1) is 5.92 Å². The Labute approximate surface area is 141 Å². The number of amides is 1. The Hall–Kier alpha value is -0.810. The first kappa shape index (κ1) is 20.2. The second-order valence-corrected chi connectivity index (χ2v) is 8.28. The second kappa shape index (κ2) is 8.88. The van der Waals surface area contributed by atoms with Gasteiger partial charge in [-0.15, -0.1) is 0 Å². The van der Waals surface area contributed by atoms with Crippen molar-refractivity contribution in [3.8, 4) is 0 Å². The van der Waals surface area contributed by atoms with Gasteiger partial charge in [0.1, 0.15) is 5.60 Å². The molecular formula is C18H36N2O3. The quantitative estimate of drug-likeness (QED) is 0.753. The van der Waals surface area contributed by atoms with Crippen LogP contribution in [0.1, 0.15) is 67.2 Å². The summed E-state index contributed by atoms with van der Waals surface area (Å²) in [5.74, 6) is 0.552. The summed E-state index contributed by atoms with van der Waals surface area (Å²) in [5, 5.41) is 13.0. The molecular weight excluding hydrogens is 292 g/mol. The molecule has 0 saturated carbocycles. The Morgan fingerprint density at radius 2 is 2.00 bits per heavy atom. The van der Waals surface area contributed by atoms with Crippen LogP contribution in [-0.2, 0) is 4.74 Å². The average molecular weight is 328 g/mol. The lowest BCUT2D eigenvalue weighted by Gasteiger charge is -2.31. The fraction of sp³-hybridized carbons (Fsp3) is 0.944. The van der Waals surface area contributed by atoms with Gasteiger partial charge in [-0.1, -0.05) is 13.8 Å². The van der Waals surface area contributed by atoms with Gasteiger partial charge in [0.15, 0.2) is 0 Å². The Bertz CT molecular complexity index is 366. The number of nitrogens with one attached hydrogen (secondary N) is 1. The fourth-order valence-corrected chi connectivity index (χ4v) is 3.28. The molecule has 1 aliphatic rings. The van der Waals surface area contributed by atoms with Gasteiger partial charge in [0.05, 0.1) is 6.61 Å². The molecule has 0 aromatic heterocycles. The van der Waals surface area contributed by atoms with Crippen LogP contribution in [0.3, 0.4) is 0 Å². The largest absolute Gasteiger partial charge is 0.444 e. The molecule has 3 unspecified atom stereocenters. The van der Waals surface area contributed by atoms with Crippen LogP contribution in [0.15, 0.2) is 0 Å². The van der Waals surface area contributed by atoms with E-state index in [1.165, 1.54) is 0 Å². The maximum absolute atomic E-state index is 12.3. The smallest absolute Gasteiger partial charge is 0.410 e. The van der Waals surface area contributed by atoms with Crippen LogP contribution in [0.2, 0.25) is 0 Å². The number of aliphatic hydroxyl groups is 1. The average Bonchev–Trinajstić information content (AvgIpc) is 2.83. The predicted octanol–water partition coefficient (Wildman–Crippen LogP) is 3.16. The molecule has 1 saturated heterocycles. The third-order valence-corrected chi connectivity index (χ3v) is 4.13. The maximum atomic E-state index is 12.3. The van der Waals surface area contributed by atoms with Crippen molar-refractivity contribution in [1.29, 1.82) is 0 Å². The van der Waals surface area contributed by atoms with E-state index in [0.29, 0.717) is 5.92 Å². The SMILES string of the molecule is CC(C)CC(CO)NC(C)CC1CCCN1C(=O)OC(C)(C)C. The van der Waals surface area contributed by atoms with E-state index in [0.717, 1.165) is 32.2 Å². The molecule has 0 aliphatic carbocycles. The zero-order valence-electron chi connectivity index (χ0n) is 15.8. The van der Waals surface area contributed by atoms with Crippen molar-refractivity contribution < 1.29 is 14.6 Å². The van der Waals surface area contributed by atoms with E-state index in [1.54, 1.807) is 0 Å². The zero-order chi connectivity index (χ0) is 17.6. The predicted molar refractivity (Wildman–Crippen MR) is 93.5 cm³/mol. The Balaban J connectivity index is 2.52. The van der Waals surface area contributed by atoms with E-state index in [9.17, 15) is 9.90 Å². The molecule has 0 aromatic carbocycles. The van der Waals surface area contributed by atoms with Gasteiger partial charge in [-0.2, -0.15) is 0 Å². The summed E-state index contributed by atoms with van der Waals surface area (Å²) in [6.07, 6.45) is 3.72. The third-order valence-electron chi connectivity index (χ3n) is 4.13. The molecule has 0 spiro atoms. The minimum atomic E-state index is -0.451. The molecule has 1 rings (SSSR count). The van der Waals surface area contributed by atoms with E-state index < -0.39 is 5.60 Å². The molecule has 3 atom stereocenters. The van der Waals surface area contributed by atoms with Crippen LogP contribution in [0.5, 0.6) is 0 Å². The highest BCUT2D eigenvalue weighted by molar-refractivity contribution is 5.68. The zero-order valence-corrected chi connectivity index (χ0v) is 15.8. The van der Waals surface area contributed by atoms with Crippen molar-refractivity contribution in [3.05, 3.63) is 0 Å². The van der Waals surface area contributed by atoms with Gasteiger partial charge >= 0.3 is 6.09 Å².